The highest BCUT2D eigenvalue weighted by molar-refractivity contribution is 7.98. The van der Waals surface area contributed by atoms with E-state index >= 15 is 0 Å². The number of carbonyl (C=O) groups is 2. The van der Waals surface area contributed by atoms with Gasteiger partial charge in [0.05, 0.1) is 24.3 Å². The smallest absolute Gasteiger partial charge is 0.325 e. The molecular formula is C19H20F3N3O2S. The lowest BCUT2D eigenvalue weighted by molar-refractivity contribution is -0.137. The summed E-state index contributed by atoms with van der Waals surface area (Å²) in [5, 5.41) is 5.31. The van der Waals surface area contributed by atoms with Gasteiger partial charge in [-0.1, -0.05) is 12.1 Å². The van der Waals surface area contributed by atoms with Crippen molar-refractivity contribution in [3.8, 4) is 0 Å². The summed E-state index contributed by atoms with van der Waals surface area (Å²) >= 11 is 1.51. The van der Waals surface area contributed by atoms with Crippen LogP contribution in [0.5, 0.6) is 0 Å². The van der Waals surface area contributed by atoms with Crippen LogP contribution in [0.2, 0.25) is 0 Å². The molecule has 0 unspecified atom stereocenters. The van der Waals surface area contributed by atoms with Gasteiger partial charge in [0.1, 0.15) is 0 Å². The average molecular weight is 411 g/mol. The number of anilines is 2. The first kappa shape index (κ1) is 21.8. The predicted octanol–water partition coefficient (Wildman–Crippen LogP) is 3.94. The maximum atomic E-state index is 12.5. The molecule has 5 nitrogen and oxygen atoms in total. The maximum absolute atomic E-state index is 12.5. The number of para-hydroxylation sites is 1. The SMILES string of the molecule is CSc1ccccc1NC(=O)CN(C)CC(=O)Nc1ccc(C(F)(F)F)cc1. The fourth-order valence-electron chi connectivity index (χ4n) is 2.43. The molecule has 2 aromatic carbocycles. The Bertz CT molecular complexity index is 826. The molecule has 0 aromatic heterocycles. The zero-order chi connectivity index (χ0) is 20.7. The van der Waals surface area contributed by atoms with E-state index in [9.17, 15) is 22.8 Å². The Kier molecular flexibility index (Phi) is 7.47. The summed E-state index contributed by atoms with van der Waals surface area (Å²) in [7, 11) is 1.60. The minimum atomic E-state index is -4.43. The van der Waals surface area contributed by atoms with Crippen LogP contribution in [0, 0.1) is 0 Å². The number of thioether (sulfide) groups is 1. The number of likely N-dealkylation sites (N-methyl/N-ethyl adjacent to an activating group) is 1. The molecule has 0 fully saturated rings. The molecule has 0 atom stereocenters. The van der Waals surface area contributed by atoms with E-state index in [1.165, 1.54) is 28.8 Å². The second-order valence-corrected chi connectivity index (χ2v) is 6.89. The Labute approximate surface area is 165 Å². The van der Waals surface area contributed by atoms with E-state index < -0.39 is 17.6 Å². The predicted molar refractivity (Wildman–Crippen MR) is 104 cm³/mol. The summed E-state index contributed by atoms with van der Waals surface area (Å²) in [6.45, 7) is -0.0955. The summed E-state index contributed by atoms with van der Waals surface area (Å²) < 4.78 is 37.6. The summed E-state index contributed by atoms with van der Waals surface area (Å²) in [5.74, 6) is -0.703. The van der Waals surface area contributed by atoms with Crippen molar-refractivity contribution in [2.24, 2.45) is 0 Å². The minimum Gasteiger partial charge on any atom is -0.325 e. The van der Waals surface area contributed by atoms with Crippen molar-refractivity contribution in [2.45, 2.75) is 11.1 Å². The highest BCUT2D eigenvalue weighted by atomic mass is 32.2. The van der Waals surface area contributed by atoms with Crippen LogP contribution in [0.15, 0.2) is 53.4 Å². The van der Waals surface area contributed by atoms with Gasteiger partial charge in [-0.05, 0) is 49.7 Å². The quantitative estimate of drug-likeness (QED) is 0.678. The van der Waals surface area contributed by atoms with Gasteiger partial charge in [0.2, 0.25) is 11.8 Å². The summed E-state index contributed by atoms with van der Waals surface area (Å²) in [4.78, 5) is 26.6. The Hall–Kier alpha value is -2.52. The number of alkyl halides is 3. The van der Waals surface area contributed by atoms with Crippen molar-refractivity contribution in [1.82, 2.24) is 4.90 Å². The summed E-state index contributed by atoms with van der Waals surface area (Å²) in [5.41, 5.74) is 0.164. The average Bonchev–Trinajstić information content (AvgIpc) is 2.61. The molecule has 9 heteroatoms. The first-order chi connectivity index (χ1) is 13.2. The van der Waals surface area contributed by atoms with E-state index in [0.717, 1.165) is 17.0 Å². The second-order valence-electron chi connectivity index (χ2n) is 6.04. The van der Waals surface area contributed by atoms with Crippen molar-refractivity contribution >= 4 is 35.0 Å². The monoisotopic (exact) mass is 411 g/mol. The summed E-state index contributed by atoms with van der Waals surface area (Å²) in [6.07, 6.45) is -2.52. The Morgan fingerprint density at radius 1 is 0.964 bits per heavy atom. The number of amides is 2. The van der Waals surface area contributed by atoms with E-state index in [4.69, 9.17) is 0 Å². The second kappa shape index (κ2) is 9.61. The topological polar surface area (TPSA) is 61.4 Å². The molecule has 0 saturated carbocycles. The van der Waals surface area contributed by atoms with Crippen LogP contribution in [0.25, 0.3) is 0 Å². The van der Waals surface area contributed by atoms with Gasteiger partial charge in [0.25, 0.3) is 0 Å². The maximum Gasteiger partial charge on any atom is 0.416 e. The standard InChI is InChI=1S/C19H20F3N3O2S/c1-25(12-18(27)24-15-5-3-4-6-16(15)28-2)11-17(26)23-14-9-7-13(8-10-14)19(20,21)22/h3-10H,11-12H2,1-2H3,(H,23,26)(H,24,27). The number of hydrogen-bond donors (Lipinski definition) is 2. The lowest BCUT2D eigenvalue weighted by Gasteiger charge is -2.17. The molecule has 2 amide bonds. The van der Waals surface area contributed by atoms with Gasteiger partial charge >= 0.3 is 6.18 Å². The number of benzene rings is 2. The molecule has 2 N–H and O–H groups in total. The third-order valence-electron chi connectivity index (χ3n) is 3.70. The van der Waals surface area contributed by atoms with E-state index in [-0.39, 0.29) is 24.7 Å². The molecule has 0 bridgehead atoms. The highest BCUT2D eigenvalue weighted by Gasteiger charge is 2.30. The molecule has 28 heavy (non-hydrogen) atoms. The Morgan fingerprint density at radius 3 is 2.11 bits per heavy atom. The van der Waals surface area contributed by atoms with Crippen LogP contribution < -0.4 is 10.6 Å². The van der Waals surface area contributed by atoms with E-state index in [1.54, 1.807) is 13.1 Å². The van der Waals surface area contributed by atoms with Gasteiger partial charge in [0.15, 0.2) is 0 Å². The van der Waals surface area contributed by atoms with Gasteiger partial charge in [-0.3, -0.25) is 14.5 Å². The number of hydrogen-bond acceptors (Lipinski definition) is 4. The number of nitrogens with one attached hydrogen (secondary N) is 2. The fourth-order valence-corrected chi connectivity index (χ4v) is 2.98. The van der Waals surface area contributed by atoms with Crippen LogP contribution in [0.3, 0.4) is 0 Å². The molecule has 0 heterocycles. The van der Waals surface area contributed by atoms with Gasteiger partial charge in [0, 0.05) is 10.6 Å². The molecule has 2 rings (SSSR count). The third kappa shape index (κ3) is 6.58. The van der Waals surface area contributed by atoms with Crippen LogP contribution >= 0.6 is 11.8 Å². The third-order valence-corrected chi connectivity index (χ3v) is 4.50. The Morgan fingerprint density at radius 2 is 1.54 bits per heavy atom. The first-order valence-electron chi connectivity index (χ1n) is 8.27. The molecule has 150 valence electrons. The van der Waals surface area contributed by atoms with Gasteiger partial charge in [-0.2, -0.15) is 13.2 Å². The molecule has 0 saturated heterocycles. The first-order valence-corrected chi connectivity index (χ1v) is 9.50. The molecule has 0 radical (unpaired) electrons. The van der Waals surface area contributed by atoms with Gasteiger partial charge in [-0.25, -0.2) is 0 Å². The van der Waals surface area contributed by atoms with Gasteiger partial charge in [-0.15, -0.1) is 11.8 Å². The van der Waals surface area contributed by atoms with E-state index in [1.807, 2.05) is 24.5 Å². The van der Waals surface area contributed by atoms with Crippen molar-refractivity contribution in [3.63, 3.8) is 0 Å². The van der Waals surface area contributed by atoms with Crippen molar-refractivity contribution in [3.05, 3.63) is 54.1 Å². The molecule has 0 aliphatic rings. The fraction of sp³-hybridized carbons (Fsp3) is 0.263. The lowest BCUT2D eigenvalue weighted by atomic mass is 10.2. The zero-order valence-electron chi connectivity index (χ0n) is 15.3. The van der Waals surface area contributed by atoms with E-state index in [2.05, 4.69) is 10.6 Å². The summed E-state index contributed by atoms with van der Waals surface area (Å²) in [6, 6.07) is 11.5. The highest BCUT2D eigenvalue weighted by Crippen LogP contribution is 2.29. The molecule has 2 aromatic rings. The molecule has 0 aliphatic heterocycles. The number of nitrogens with zero attached hydrogens (tertiary/aromatic N) is 1. The minimum absolute atomic E-state index is 0.0108. The van der Waals surface area contributed by atoms with Crippen LogP contribution in [0.4, 0.5) is 24.5 Å². The molecular weight excluding hydrogens is 391 g/mol. The van der Waals surface area contributed by atoms with Crippen molar-refractivity contribution in [2.75, 3.05) is 37.0 Å². The zero-order valence-corrected chi connectivity index (χ0v) is 16.2. The van der Waals surface area contributed by atoms with Crippen molar-refractivity contribution < 1.29 is 22.8 Å². The molecule has 0 aliphatic carbocycles. The Balaban J connectivity index is 1.84. The number of carbonyl (C=O) groups excluding carboxylic acids is 2. The van der Waals surface area contributed by atoms with Crippen LogP contribution in [-0.4, -0.2) is 43.1 Å². The normalized spacial score (nSPS) is 11.4. The number of rotatable bonds is 7. The van der Waals surface area contributed by atoms with Crippen molar-refractivity contribution in [1.29, 1.82) is 0 Å². The largest absolute Gasteiger partial charge is 0.416 e. The number of halogens is 3. The molecule has 0 spiro atoms. The van der Waals surface area contributed by atoms with Gasteiger partial charge < -0.3 is 10.6 Å². The lowest BCUT2D eigenvalue weighted by Crippen LogP contribution is -2.36. The van der Waals surface area contributed by atoms with Crippen LogP contribution in [-0.2, 0) is 15.8 Å². The van der Waals surface area contributed by atoms with E-state index in [0.29, 0.717) is 5.69 Å². The van der Waals surface area contributed by atoms with Crippen LogP contribution in [0.1, 0.15) is 5.56 Å².